The highest BCUT2D eigenvalue weighted by Gasteiger charge is 2.19. The maximum Gasteiger partial charge on any atom is 0.0576 e. The van der Waals surface area contributed by atoms with Gasteiger partial charge in [0.2, 0.25) is 0 Å². The van der Waals surface area contributed by atoms with Crippen LogP contribution in [0.1, 0.15) is 47.0 Å². The van der Waals surface area contributed by atoms with Gasteiger partial charge >= 0.3 is 0 Å². The lowest BCUT2D eigenvalue weighted by atomic mass is 10.00. The molecule has 0 spiro atoms. The van der Waals surface area contributed by atoms with Crippen molar-refractivity contribution in [1.82, 2.24) is 5.32 Å². The molecule has 0 radical (unpaired) electrons. The van der Waals surface area contributed by atoms with Gasteiger partial charge in [0.1, 0.15) is 0 Å². The molecule has 17 heavy (non-hydrogen) atoms. The Morgan fingerprint density at radius 3 is 2.88 bits per heavy atom. The molecule has 0 aromatic carbocycles. The van der Waals surface area contributed by atoms with Crippen molar-refractivity contribution in [2.24, 2.45) is 0 Å². The van der Waals surface area contributed by atoms with E-state index in [1.165, 1.54) is 41.0 Å². The predicted molar refractivity (Wildman–Crippen MR) is 73.8 cm³/mol. The highest BCUT2D eigenvalue weighted by atomic mass is 32.1. The summed E-state index contributed by atoms with van der Waals surface area (Å²) in [7, 11) is 2.06. The molecule has 0 aliphatic carbocycles. The molecule has 1 aromatic heterocycles. The number of aryl methyl sites for hydroxylation is 2. The average molecular weight is 253 g/mol. The van der Waals surface area contributed by atoms with Crippen LogP contribution < -0.4 is 5.32 Å². The van der Waals surface area contributed by atoms with E-state index >= 15 is 0 Å². The van der Waals surface area contributed by atoms with E-state index in [1.807, 2.05) is 11.3 Å². The highest BCUT2D eigenvalue weighted by molar-refractivity contribution is 7.12. The van der Waals surface area contributed by atoms with Crippen molar-refractivity contribution >= 4 is 11.3 Å². The van der Waals surface area contributed by atoms with Crippen LogP contribution in [-0.2, 0) is 4.74 Å². The van der Waals surface area contributed by atoms with Crippen molar-refractivity contribution in [2.75, 3.05) is 13.7 Å². The van der Waals surface area contributed by atoms with Crippen LogP contribution in [0.25, 0.3) is 0 Å². The van der Waals surface area contributed by atoms with Crippen LogP contribution in [-0.4, -0.2) is 19.8 Å². The third kappa shape index (κ3) is 3.30. The summed E-state index contributed by atoms with van der Waals surface area (Å²) < 4.78 is 5.69. The molecule has 1 N–H and O–H groups in total. The zero-order valence-electron chi connectivity index (χ0n) is 11.1. The van der Waals surface area contributed by atoms with Crippen molar-refractivity contribution in [3.05, 3.63) is 21.4 Å². The Hall–Kier alpha value is -0.380. The highest BCUT2D eigenvalue weighted by Crippen LogP contribution is 2.30. The lowest BCUT2D eigenvalue weighted by Crippen LogP contribution is -2.18. The fourth-order valence-corrected chi connectivity index (χ4v) is 3.66. The standard InChI is InChI=1S/C14H23NOS/c1-10-9-13(11(2)17-10)14(15-3)7-6-12-5-4-8-16-12/h9,12,14-15H,4-8H2,1-3H3. The molecule has 1 saturated heterocycles. The first-order valence-electron chi connectivity index (χ1n) is 6.56. The molecule has 2 heterocycles. The van der Waals surface area contributed by atoms with Gasteiger partial charge in [-0.05, 0) is 58.2 Å². The molecule has 1 aromatic rings. The second kappa shape index (κ2) is 5.98. The van der Waals surface area contributed by atoms with Crippen LogP contribution in [0.4, 0.5) is 0 Å². The molecule has 2 unspecified atom stereocenters. The predicted octanol–water partition coefficient (Wildman–Crippen LogP) is 3.58. The van der Waals surface area contributed by atoms with Crippen LogP contribution in [0.5, 0.6) is 0 Å². The largest absolute Gasteiger partial charge is 0.378 e. The summed E-state index contributed by atoms with van der Waals surface area (Å²) in [5.41, 5.74) is 1.48. The summed E-state index contributed by atoms with van der Waals surface area (Å²) in [4.78, 5) is 2.86. The SMILES string of the molecule is CNC(CCC1CCCO1)c1cc(C)sc1C. The summed E-state index contributed by atoms with van der Waals surface area (Å²) in [5, 5.41) is 3.45. The Bertz CT molecular complexity index is 355. The monoisotopic (exact) mass is 253 g/mol. The maximum atomic E-state index is 5.69. The molecule has 1 aliphatic rings. The van der Waals surface area contributed by atoms with Gasteiger partial charge in [-0.2, -0.15) is 0 Å². The first-order valence-corrected chi connectivity index (χ1v) is 7.38. The van der Waals surface area contributed by atoms with Crippen molar-refractivity contribution in [1.29, 1.82) is 0 Å². The molecule has 2 atom stereocenters. The maximum absolute atomic E-state index is 5.69. The van der Waals surface area contributed by atoms with Crippen LogP contribution in [0, 0.1) is 13.8 Å². The van der Waals surface area contributed by atoms with Gasteiger partial charge in [-0.3, -0.25) is 0 Å². The molecule has 2 rings (SSSR count). The molecule has 96 valence electrons. The molecular weight excluding hydrogens is 230 g/mol. The van der Waals surface area contributed by atoms with Crippen LogP contribution in [0.15, 0.2) is 6.07 Å². The third-order valence-corrected chi connectivity index (χ3v) is 4.59. The van der Waals surface area contributed by atoms with Gasteiger partial charge in [-0.15, -0.1) is 11.3 Å². The van der Waals surface area contributed by atoms with E-state index in [0.29, 0.717) is 12.1 Å². The Morgan fingerprint density at radius 2 is 2.35 bits per heavy atom. The van der Waals surface area contributed by atoms with Gasteiger partial charge < -0.3 is 10.1 Å². The Morgan fingerprint density at radius 1 is 1.53 bits per heavy atom. The minimum Gasteiger partial charge on any atom is -0.378 e. The zero-order chi connectivity index (χ0) is 12.3. The molecule has 1 aliphatic heterocycles. The fourth-order valence-electron chi connectivity index (χ4n) is 2.68. The molecule has 1 fully saturated rings. The van der Waals surface area contributed by atoms with E-state index in [0.717, 1.165) is 6.61 Å². The minimum absolute atomic E-state index is 0.490. The van der Waals surface area contributed by atoms with Crippen molar-refractivity contribution in [2.45, 2.75) is 51.7 Å². The van der Waals surface area contributed by atoms with Crippen LogP contribution in [0.2, 0.25) is 0 Å². The smallest absolute Gasteiger partial charge is 0.0576 e. The molecule has 0 bridgehead atoms. The molecule has 0 saturated carbocycles. The van der Waals surface area contributed by atoms with Gasteiger partial charge in [-0.1, -0.05) is 0 Å². The van der Waals surface area contributed by atoms with Gasteiger partial charge in [-0.25, -0.2) is 0 Å². The first kappa shape index (κ1) is 13.1. The van der Waals surface area contributed by atoms with Gasteiger partial charge in [0, 0.05) is 22.4 Å². The average Bonchev–Trinajstić information content (AvgIpc) is 2.90. The van der Waals surface area contributed by atoms with E-state index in [2.05, 4.69) is 32.3 Å². The van der Waals surface area contributed by atoms with Gasteiger partial charge in [0.15, 0.2) is 0 Å². The Labute approximate surface area is 108 Å². The summed E-state index contributed by atoms with van der Waals surface area (Å²) in [5.74, 6) is 0. The summed E-state index contributed by atoms with van der Waals surface area (Å²) >= 11 is 1.90. The van der Waals surface area contributed by atoms with Gasteiger partial charge in [0.05, 0.1) is 6.10 Å². The van der Waals surface area contributed by atoms with E-state index in [1.54, 1.807) is 0 Å². The van der Waals surface area contributed by atoms with Gasteiger partial charge in [0.25, 0.3) is 0 Å². The topological polar surface area (TPSA) is 21.3 Å². The second-order valence-corrected chi connectivity index (χ2v) is 6.38. The molecule has 0 amide bonds. The molecule has 3 heteroatoms. The molecule has 2 nitrogen and oxygen atoms in total. The first-order chi connectivity index (χ1) is 8.20. The number of thiophene rings is 1. The van der Waals surface area contributed by atoms with Crippen molar-refractivity contribution in [3.63, 3.8) is 0 Å². The Balaban J connectivity index is 1.93. The van der Waals surface area contributed by atoms with Crippen LogP contribution >= 0.6 is 11.3 Å². The fraction of sp³-hybridized carbons (Fsp3) is 0.714. The van der Waals surface area contributed by atoms with Crippen LogP contribution in [0.3, 0.4) is 0 Å². The Kier molecular flexibility index (Phi) is 4.60. The molecular formula is C14H23NOS. The quantitative estimate of drug-likeness (QED) is 0.866. The second-order valence-electron chi connectivity index (χ2n) is 4.92. The van der Waals surface area contributed by atoms with E-state index in [4.69, 9.17) is 4.74 Å². The van der Waals surface area contributed by atoms with E-state index in [9.17, 15) is 0 Å². The lowest BCUT2D eigenvalue weighted by molar-refractivity contribution is 0.0998. The number of ether oxygens (including phenoxy) is 1. The third-order valence-electron chi connectivity index (χ3n) is 3.60. The normalized spacial score (nSPS) is 21.9. The summed E-state index contributed by atoms with van der Waals surface area (Å²) in [6.45, 7) is 5.38. The van der Waals surface area contributed by atoms with E-state index in [-0.39, 0.29) is 0 Å². The van der Waals surface area contributed by atoms with Crippen molar-refractivity contribution < 1.29 is 4.74 Å². The number of nitrogens with one attached hydrogen (secondary N) is 1. The summed E-state index contributed by atoms with van der Waals surface area (Å²) in [6.07, 6.45) is 5.35. The summed E-state index contributed by atoms with van der Waals surface area (Å²) in [6, 6.07) is 2.82. The number of hydrogen-bond acceptors (Lipinski definition) is 3. The minimum atomic E-state index is 0.490. The number of hydrogen-bond donors (Lipinski definition) is 1. The lowest BCUT2D eigenvalue weighted by Gasteiger charge is -2.18. The van der Waals surface area contributed by atoms with Crippen molar-refractivity contribution in [3.8, 4) is 0 Å². The van der Waals surface area contributed by atoms with E-state index < -0.39 is 0 Å². The number of rotatable bonds is 5. The zero-order valence-corrected chi connectivity index (χ0v) is 11.9.